The van der Waals surface area contributed by atoms with Gasteiger partial charge in [0.1, 0.15) is 22.8 Å². The third-order valence-electron chi connectivity index (χ3n) is 6.03. The number of aryl methyl sites for hydroxylation is 2. The zero-order valence-electron chi connectivity index (χ0n) is 20.8. The number of anilines is 1. The second kappa shape index (κ2) is 9.97. The van der Waals surface area contributed by atoms with Crippen molar-refractivity contribution in [2.75, 3.05) is 26.6 Å². The molecule has 0 aliphatic carbocycles. The van der Waals surface area contributed by atoms with E-state index in [4.69, 9.17) is 18.6 Å². The fourth-order valence-electron chi connectivity index (χ4n) is 4.31. The largest absolute Gasteiger partial charge is 0.496 e. The molecule has 0 atom stereocenters. The summed E-state index contributed by atoms with van der Waals surface area (Å²) in [6.45, 7) is 5.80. The minimum atomic E-state index is -0.261. The van der Waals surface area contributed by atoms with Gasteiger partial charge in [-0.3, -0.25) is 4.79 Å². The first-order valence-electron chi connectivity index (χ1n) is 11.2. The fourth-order valence-corrected chi connectivity index (χ4v) is 4.31. The lowest BCUT2D eigenvalue weighted by atomic mass is 9.96. The van der Waals surface area contributed by atoms with Crippen LogP contribution in [0.25, 0.3) is 27.7 Å². The number of amides is 1. The number of carbonyl (C=O) groups excluding carboxylic acids is 1. The maximum Gasteiger partial charge on any atom is 0.248 e. The van der Waals surface area contributed by atoms with Gasteiger partial charge >= 0.3 is 0 Å². The van der Waals surface area contributed by atoms with Gasteiger partial charge in [-0.1, -0.05) is 24.3 Å². The summed E-state index contributed by atoms with van der Waals surface area (Å²) in [6.07, 6.45) is 3.29. The number of hydrogen-bond donors (Lipinski definition) is 1. The fraction of sp³-hybridized carbons (Fsp3) is 0.207. The zero-order valence-corrected chi connectivity index (χ0v) is 20.8. The highest BCUT2D eigenvalue weighted by Crippen LogP contribution is 2.42. The van der Waals surface area contributed by atoms with Gasteiger partial charge in [-0.15, -0.1) is 0 Å². The Bertz CT molecular complexity index is 1430. The molecule has 0 radical (unpaired) electrons. The van der Waals surface area contributed by atoms with E-state index in [9.17, 15) is 4.79 Å². The van der Waals surface area contributed by atoms with Crippen molar-refractivity contribution in [3.8, 4) is 28.4 Å². The van der Waals surface area contributed by atoms with E-state index in [1.807, 2.05) is 69.3 Å². The molecule has 180 valence electrons. The molecule has 0 aliphatic rings. The van der Waals surface area contributed by atoms with E-state index in [1.54, 1.807) is 33.7 Å². The monoisotopic (exact) mass is 471 g/mol. The molecule has 0 spiro atoms. The molecule has 3 aromatic carbocycles. The van der Waals surface area contributed by atoms with Gasteiger partial charge in [-0.05, 0) is 56.2 Å². The number of benzene rings is 3. The highest BCUT2D eigenvalue weighted by molar-refractivity contribution is 6.06. The quantitative estimate of drug-likeness (QED) is 0.301. The van der Waals surface area contributed by atoms with Gasteiger partial charge in [0.15, 0.2) is 0 Å². The number of furan rings is 1. The number of fused-ring (bicyclic) bond motifs is 1. The van der Waals surface area contributed by atoms with Gasteiger partial charge in [-0.25, -0.2) is 0 Å². The normalized spacial score (nSPS) is 11.4. The predicted octanol–water partition coefficient (Wildman–Crippen LogP) is 6.78. The first kappa shape index (κ1) is 24.0. The number of methoxy groups -OCH3 is 3. The molecule has 0 saturated heterocycles. The molecule has 4 aromatic rings. The van der Waals surface area contributed by atoms with Gasteiger partial charge in [0.25, 0.3) is 0 Å². The molecular weight excluding hydrogens is 442 g/mol. The summed E-state index contributed by atoms with van der Waals surface area (Å²) in [7, 11) is 4.84. The van der Waals surface area contributed by atoms with Crippen molar-refractivity contribution in [3.63, 3.8) is 0 Å². The van der Waals surface area contributed by atoms with Crippen molar-refractivity contribution < 1.29 is 23.4 Å². The lowest BCUT2D eigenvalue weighted by Crippen LogP contribution is -2.10. The standard InChI is InChI=1S/C29H29NO5/c1-17-11-12-26(33-5)24(13-17)30-27(31)14-18(2)21-15-22-23(20-9-7-8-10-25(20)32-4)16-35-29(22)19(3)28(21)34-6/h7-16H,1-6H3,(H,30,31)/b18-14+. The van der Waals surface area contributed by atoms with E-state index in [0.717, 1.165) is 50.1 Å². The van der Waals surface area contributed by atoms with Gasteiger partial charge < -0.3 is 23.9 Å². The van der Waals surface area contributed by atoms with E-state index in [2.05, 4.69) is 5.32 Å². The van der Waals surface area contributed by atoms with E-state index in [-0.39, 0.29) is 5.91 Å². The molecule has 6 heteroatoms. The molecule has 35 heavy (non-hydrogen) atoms. The summed E-state index contributed by atoms with van der Waals surface area (Å²) in [4.78, 5) is 12.9. The van der Waals surface area contributed by atoms with Crippen LogP contribution in [0.4, 0.5) is 5.69 Å². The molecule has 0 fully saturated rings. The summed E-state index contributed by atoms with van der Waals surface area (Å²) >= 11 is 0. The van der Waals surface area contributed by atoms with Crippen molar-refractivity contribution in [1.82, 2.24) is 0 Å². The molecule has 6 nitrogen and oxygen atoms in total. The van der Waals surface area contributed by atoms with Gasteiger partial charge in [0, 0.05) is 33.7 Å². The average molecular weight is 472 g/mol. The Morgan fingerprint density at radius 1 is 0.914 bits per heavy atom. The van der Waals surface area contributed by atoms with Crippen molar-refractivity contribution in [3.05, 3.63) is 77.6 Å². The summed E-state index contributed by atoms with van der Waals surface area (Å²) in [5, 5.41) is 3.84. The van der Waals surface area contributed by atoms with Crippen LogP contribution < -0.4 is 19.5 Å². The molecule has 1 aromatic heterocycles. The molecule has 1 amide bonds. The third kappa shape index (κ3) is 4.60. The van der Waals surface area contributed by atoms with Crippen LogP contribution in [0.2, 0.25) is 0 Å². The second-order valence-corrected chi connectivity index (χ2v) is 8.33. The molecular formula is C29H29NO5. The van der Waals surface area contributed by atoms with E-state index >= 15 is 0 Å². The van der Waals surface area contributed by atoms with Gasteiger partial charge in [-0.2, -0.15) is 0 Å². The number of carbonyl (C=O) groups is 1. The molecule has 0 aliphatic heterocycles. The molecule has 4 rings (SSSR count). The van der Waals surface area contributed by atoms with Crippen LogP contribution in [-0.4, -0.2) is 27.2 Å². The van der Waals surface area contributed by atoms with Crippen molar-refractivity contribution >= 4 is 28.1 Å². The Morgan fingerprint density at radius 2 is 1.66 bits per heavy atom. The maximum absolute atomic E-state index is 12.9. The highest BCUT2D eigenvalue weighted by Gasteiger charge is 2.20. The Kier molecular flexibility index (Phi) is 6.82. The van der Waals surface area contributed by atoms with Crippen molar-refractivity contribution in [2.45, 2.75) is 20.8 Å². The number of allylic oxidation sites excluding steroid dienone is 1. The number of nitrogens with one attached hydrogen (secondary N) is 1. The third-order valence-corrected chi connectivity index (χ3v) is 6.03. The first-order valence-corrected chi connectivity index (χ1v) is 11.2. The van der Waals surface area contributed by atoms with E-state index < -0.39 is 0 Å². The topological polar surface area (TPSA) is 69.9 Å². The molecule has 1 heterocycles. The molecule has 1 N–H and O–H groups in total. The van der Waals surface area contributed by atoms with Crippen LogP contribution in [-0.2, 0) is 4.79 Å². The summed E-state index contributed by atoms with van der Waals surface area (Å²) in [5.74, 6) is 1.75. The van der Waals surface area contributed by atoms with E-state index in [1.165, 1.54) is 0 Å². The lowest BCUT2D eigenvalue weighted by Gasteiger charge is -2.14. The van der Waals surface area contributed by atoms with Crippen molar-refractivity contribution in [2.24, 2.45) is 0 Å². The van der Waals surface area contributed by atoms with Crippen molar-refractivity contribution in [1.29, 1.82) is 0 Å². The number of ether oxygens (including phenoxy) is 3. The molecule has 0 saturated carbocycles. The number of rotatable bonds is 7. The van der Waals surface area contributed by atoms with Crippen LogP contribution in [0.15, 0.2) is 65.3 Å². The molecule has 0 unspecified atom stereocenters. The van der Waals surface area contributed by atoms with Gasteiger partial charge in [0.05, 0.1) is 33.3 Å². The SMILES string of the molecule is COc1ccc(C)cc1NC(=O)/C=C(\C)c1cc2c(-c3ccccc3OC)coc2c(C)c1OC. The van der Waals surface area contributed by atoms with Crippen LogP contribution in [0.1, 0.15) is 23.6 Å². The summed E-state index contributed by atoms with van der Waals surface area (Å²) in [5.41, 5.74) is 6.62. The van der Waals surface area contributed by atoms with Gasteiger partial charge in [0.2, 0.25) is 5.91 Å². The second-order valence-electron chi connectivity index (χ2n) is 8.33. The predicted molar refractivity (Wildman–Crippen MR) is 140 cm³/mol. The van der Waals surface area contributed by atoms with Crippen LogP contribution in [0, 0.1) is 13.8 Å². The summed E-state index contributed by atoms with van der Waals surface area (Å²) < 4.78 is 22.6. The Balaban J connectivity index is 1.78. The highest BCUT2D eigenvalue weighted by atomic mass is 16.5. The number of para-hydroxylation sites is 1. The smallest absolute Gasteiger partial charge is 0.248 e. The Labute approximate surface area is 205 Å². The average Bonchev–Trinajstić information content (AvgIpc) is 3.28. The first-order chi connectivity index (χ1) is 16.9. The molecule has 0 bridgehead atoms. The lowest BCUT2D eigenvalue weighted by molar-refractivity contribution is -0.111. The minimum Gasteiger partial charge on any atom is -0.496 e. The van der Waals surface area contributed by atoms with Crippen LogP contribution in [0.3, 0.4) is 0 Å². The summed E-state index contributed by atoms with van der Waals surface area (Å²) in [6, 6.07) is 15.4. The van der Waals surface area contributed by atoms with Crippen LogP contribution in [0.5, 0.6) is 17.2 Å². The zero-order chi connectivity index (χ0) is 25.1. The maximum atomic E-state index is 12.9. The van der Waals surface area contributed by atoms with Crippen LogP contribution >= 0.6 is 0 Å². The minimum absolute atomic E-state index is 0.261. The number of hydrogen-bond acceptors (Lipinski definition) is 5. The van der Waals surface area contributed by atoms with E-state index in [0.29, 0.717) is 17.2 Å². The Morgan fingerprint density at radius 3 is 2.37 bits per heavy atom. The Hall–Kier alpha value is -4.19.